The first kappa shape index (κ1) is 18.9. The number of halogens is 2. The fourth-order valence-corrected chi connectivity index (χ4v) is 6.38. The van der Waals surface area contributed by atoms with Gasteiger partial charge in [-0.05, 0) is 36.6 Å². The predicted molar refractivity (Wildman–Crippen MR) is 111 cm³/mol. The van der Waals surface area contributed by atoms with Crippen molar-refractivity contribution in [3.05, 3.63) is 56.3 Å². The number of hydrogen-bond donors (Lipinski definition) is 2. The molecule has 2 N–H and O–H groups in total. The number of fused-ring (bicyclic) bond motifs is 1. The number of rotatable bonds is 5. The Morgan fingerprint density at radius 1 is 1.30 bits per heavy atom. The average Bonchev–Trinajstić information content (AvgIpc) is 3.37. The van der Waals surface area contributed by atoms with Gasteiger partial charge in [0.25, 0.3) is 5.91 Å². The highest BCUT2D eigenvalue weighted by molar-refractivity contribution is 7.21. The number of likely N-dealkylation sites (tertiary alicyclic amines) is 1. The number of thiophene rings is 2. The molecular formula is C20H21ClFN2OS2+. The van der Waals surface area contributed by atoms with Gasteiger partial charge in [0.15, 0.2) is 0 Å². The fraction of sp³-hybridized carbons (Fsp3) is 0.350. The molecule has 142 valence electrons. The molecule has 3 heterocycles. The molecule has 1 fully saturated rings. The van der Waals surface area contributed by atoms with Gasteiger partial charge in [0.1, 0.15) is 16.7 Å². The smallest absolute Gasteiger partial charge is 0.263 e. The van der Waals surface area contributed by atoms with Crippen LogP contribution in [0.1, 0.15) is 40.4 Å². The lowest BCUT2D eigenvalue weighted by atomic mass is 10.1. The number of carbonyl (C=O) groups excluding carboxylic acids is 1. The van der Waals surface area contributed by atoms with Gasteiger partial charge >= 0.3 is 0 Å². The Kier molecular flexibility index (Phi) is 5.50. The van der Waals surface area contributed by atoms with Crippen LogP contribution < -0.4 is 10.2 Å². The zero-order valence-corrected chi connectivity index (χ0v) is 17.3. The third-order valence-corrected chi connectivity index (χ3v) is 7.80. The first-order chi connectivity index (χ1) is 13.0. The number of nitrogens with one attached hydrogen (secondary N) is 2. The van der Waals surface area contributed by atoms with E-state index >= 15 is 0 Å². The van der Waals surface area contributed by atoms with Crippen LogP contribution in [-0.4, -0.2) is 25.0 Å². The van der Waals surface area contributed by atoms with E-state index in [1.807, 2.05) is 0 Å². The summed E-state index contributed by atoms with van der Waals surface area (Å²) in [5.41, 5.74) is 0. The van der Waals surface area contributed by atoms with E-state index in [0.717, 1.165) is 18.5 Å². The molecule has 2 atom stereocenters. The van der Waals surface area contributed by atoms with Crippen molar-refractivity contribution in [3.63, 3.8) is 0 Å². The van der Waals surface area contributed by atoms with E-state index in [1.54, 1.807) is 17.4 Å². The van der Waals surface area contributed by atoms with E-state index in [2.05, 4.69) is 29.8 Å². The second-order valence-corrected chi connectivity index (χ2v) is 9.42. The highest BCUT2D eigenvalue weighted by atomic mass is 35.5. The topological polar surface area (TPSA) is 33.5 Å². The zero-order valence-electron chi connectivity index (χ0n) is 14.9. The Labute approximate surface area is 170 Å². The Bertz CT molecular complexity index is 950. The lowest BCUT2D eigenvalue weighted by Gasteiger charge is -2.29. The summed E-state index contributed by atoms with van der Waals surface area (Å²) >= 11 is 9.40. The molecule has 7 heteroatoms. The summed E-state index contributed by atoms with van der Waals surface area (Å²) in [5, 5.41) is 6.37. The monoisotopic (exact) mass is 423 g/mol. The number of benzene rings is 1. The summed E-state index contributed by atoms with van der Waals surface area (Å²) < 4.78 is 14.2. The van der Waals surface area contributed by atoms with Crippen LogP contribution in [0.3, 0.4) is 0 Å². The normalized spacial score (nSPS) is 17.3. The third kappa shape index (κ3) is 3.76. The first-order valence-corrected chi connectivity index (χ1v) is 11.2. The molecule has 0 saturated carbocycles. The molecule has 3 nitrogen and oxygen atoms in total. The van der Waals surface area contributed by atoms with Crippen LogP contribution in [0.2, 0.25) is 5.02 Å². The largest absolute Gasteiger partial charge is 0.342 e. The lowest BCUT2D eigenvalue weighted by Crippen LogP contribution is -3.11. The molecule has 1 saturated heterocycles. The van der Waals surface area contributed by atoms with Crippen LogP contribution in [-0.2, 0) is 0 Å². The quantitative estimate of drug-likeness (QED) is 0.630. The highest BCUT2D eigenvalue weighted by Gasteiger charge is 2.34. The Balaban J connectivity index is 1.58. The molecule has 27 heavy (non-hydrogen) atoms. The molecular weight excluding hydrogens is 403 g/mol. The van der Waals surface area contributed by atoms with Crippen LogP contribution in [0.15, 0.2) is 35.7 Å². The maximum absolute atomic E-state index is 13.5. The Morgan fingerprint density at radius 3 is 2.78 bits per heavy atom. The van der Waals surface area contributed by atoms with Crippen molar-refractivity contribution in [1.82, 2.24) is 5.32 Å². The van der Waals surface area contributed by atoms with Gasteiger partial charge in [-0.25, -0.2) is 4.39 Å². The van der Waals surface area contributed by atoms with Crippen LogP contribution in [0.4, 0.5) is 4.39 Å². The van der Waals surface area contributed by atoms with Gasteiger partial charge in [0, 0.05) is 22.9 Å². The van der Waals surface area contributed by atoms with E-state index in [4.69, 9.17) is 11.6 Å². The lowest BCUT2D eigenvalue weighted by molar-refractivity contribution is -0.920. The van der Waals surface area contributed by atoms with Crippen molar-refractivity contribution < 1.29 is 14.1 Å². The predicted octanol–water partition coefficient (Wildman–Crippen LogP) is 4.29. The summed E-state index contributed by atoms with van der Waals surface area (Å²) in [6, 6.07) is 8.85. The molecule has 0 radical (unpaired) electrons. The fourth-order valence-electron chi connectivity index (χ4n) is 3.95. The molecule has 4 rings (SSSR count). The zero-order chi connectivity index (χ0) is 19.0. The first-order valence-electron chi connectivity index (χ1n) is 9.11. The van der Waals surface area contributed by atoms with Crippen molar-refractivity contribution in [2.75, 3.05) is 13.1 Å². The molecule has 1 aliphatic rings. The van der Waals surface area contributed by atoms with Gasteiger partial charge < -0.3 is 10.2 Å². The Hall–Kier alpha value is -1.47. The van der Waals surface area contributed by atoms with Crippen molar-refractivity contribution >= 4 is 50.3 Å². The van der Waals surface area contributed by atoms with Crippen LogP contribution in [0.5, 0.6) is 0 Å². The second kappa shape index (κ2) is 7.87. The molecule has 3 aromatic rings. The van der Waals surface area contributed by atoms with E-state index < -0.39 is 0 Å². The molecule has 2 aromatic heterocycles. The van der Waals surface area contributed by atoms with Crippen LogP contribution in [0, 0.1) is 5.82 Å². The van der Waals surface area contributed by atoms with Gasteiger partial charge in [-0.3, -0.25) is 4.79 Å². The SMILES string of the molecule is C[C@H](NC(=O)c1sc2cc(F)ccc2c1Cl)[C@H](c1cccs1)[NH+]1CCCC1. The maximum Gasteiger partial charge on any atom is 0.263 e. The number of quaternary nitrogens is 1. The molecule has 0 spiro atoms. The number of amides is 1. The summed E-state index contributed by atoms with van der Waals surface area (Å²) in [6.07, 6.45) is 2.46. The van der Waals surface area contributed by atoms with E-state index in [1.165, 1.54) is 46.1 Å². The van der Waals surface area contributed by atoms with Gasteiger partial charge in [-0.15, -0.1) is 22.7 Å². The molecule has 1 aliphatic heterocycles. The molecule has 0 bridgehead atoms. The van der Waals surface area contributed by atoms with Crippen LogP contribution >= 0.6 is 34.3 Å². The summed E-state index contributed by atoms with van der Waals surface area (Å²) in [4.78, 5) is 16.2. The minimum absolute atomic E-state index is 0.0257. The van der Waals surface area contributed by atoms with E-state index in [9.17, 15) is 9.18 Å². The molecule has 0 unspecified atom stereocenters. The summed E-state index contributed by atoms with van der Waals surface area (Å²) in [6.45, 7) is 4.33. The highest BCUT2D eigenvalue weighted by Crippen LogP contribution is 2.35. The summed E-state index contributed by atoms with van der Waals surface area (Å²) in [7, 11) is 0. The van der Waals surface area contributed by atoms with Crippen LogP contribution in [0.25, 0.3) is 10.1 Å². The second-order valence-electron chi connectivity index (χ2n) is 7.01. The number of carbonyl (C=O) groups is 1. The molecule has 1 aromatic carbocycles. The van der Waals surface area contributed by atoms with Gasteiger partial charge in [-0.2, -0.15) is 0 Å². The third-order valence-electron chi connectivity index (χ3n) is 5.19. The van der Waals surface area contributed by atoms with E-state index in [0.29, 0.717) is 14.6 Å². The van der Waals surface area contributed by atoms with Gasteiger partial charge in [0.05, 0.1) is 29.0 Å². The minimum atomic E-state index is -0.323. The van der Waals surface area contributed by atoms with Gasteiger partial charge in [-0.1, -0.05) is 17.7 Å². The van der Waals surface area contributed by atoms with Crippen molar-refractivity contribution in [2.24, 2.45) is 0 Å². The average molecular weight is 424 g/mol. The van der Waals surface area contributed by atoms with Crippen molar-refractivity contribution in [2.45, 2.75) is 31.8 Å². The summed E-state index contributed by atoms with van der Waals surface area (Å²) in [5.74, 6) is -0.509. The molecule has 1 amide bonds. The molecule has 0 aliphatic carbocycles. The van der Waals surface area contributed by atoms with Crippen molar-refractivity contribution in [1.29, 1.82) is 0 Å². The Morgan fingerprint density at radius 2 is 2.07 bits per heavy atom. The minimum Gasteiger partial charge on any atom is -0.342 e. The van der Waals surface area contributed by atoms with Crippen molar-refractivity contribution in [3.8, 4) is 0 Å². The number of hydrogen-bond acceptors (Lipinski definition) is 3. The van der Waals surface area contributed by atoms with Gasteiger partial charge in [0.2, 0.25) is 0 Å². The van der Waals surface area contributed by atoms with E-state index in [-0.39, 0.29) is 23.8 Å². The standard InChI is InChI=1S/C20H20ClFN2OS2/c1-12(18(15-5-4-10-26-15)24-8-2-3-9-24)23-20(25)19-17(21)14-7-6-13(22)11-16(14)27-19/h4-7,10-12,18H,2-3,8-9H2,1H3,(H,23,25)/p+1/t12-,18+/m0/s1. The maximum atomic E-state index is 13.5.